The molecule has 0 bridgehead atoms. The Morgan fingerprint density at radius 3 is 2.45 bits per heavy atom. The van der Waals surface area contributed by atoms with Gasteiger partial charge in [-0.3, -0.25) is 0 Å². The Morgan fingerprint density at radius 2 is 1.68 bits per heavy atom. The Kier molecular flexibility index (Phi) is 3.21. The maximum atomic E-state index is 4.74. The van der Waals surface area contributed by atoms with E-state index in [0.717, 1.165) is 27.3 Å². The number of nitrogens with zero attached hydrogens (tertiary/aromatic N) is 4. The minimum absolute atomic E-state index is 0.489. The molecule has 2 aromatic carbocycles. The van der Waals surface area contributed by atoms with Crippen molar-refractivity contribution >= 4 is 11.5 Å². The van der Waals surface area contributed by atoms with E-state index in [1.807, 2.05) is 54.6 Å². The zero-order valence-corrected chi connectivity index (χ0v) is 12.1. The molecule has 22 heavy (non-hydrogen) atoms. The summed E-state index contributed by atoms with van der Waals surface area (Å²) in [6.07, 6.45) is 2.38. The summed E-state index contributed by atoms with van der Waals surface area (Å²) in [7, 11) is 0. The second kappa shape index (κ2) is 5.50. The van der Waals surface area contributed by atoms with Crippen molar-refractivity contribution in [1.29, 1.82) is 0 Å². The third-order valence-electron chi connectivity index (χ3n) is 3.27. The highest BCUT2D eigenvalue weighted by atomic mass is 32.1. The van der Waals surface area contributed by atoms with E-state index in [9.17, 15) is 0 Å². The average molecular weight is 305 g/mol. The number of hydrogen-bond donors (Lipinski definition) is 0. The maximum absolute atomic E-state index is 4.74. The predicted molar refractivity (Wildman–Crippen MR) is 82.9 cm³/mol. The summed E-state index contributed by atoms with van der Waals surface area (Å²) in [4.78, 5) is 5.03. The van der Waals surface area contributed by atoms with E-state index in [-0.39, 0.29) is 0 Å². The van der Waals surface area contributed by atoms with Gasteiger partial charge >= 0.3 is 6.39 Å². The molecule has 4 aromatic rings. The lowest BCUT2D eigenvalue weighted by Gasteiger charge is -2.05. The smallest absolute Gasteiger partial charge is 0.316 e. The molecule has 0 amide bonds. The van der Waals surface area contributed by atoms with Gasteiger partial charge in [0.1, 0.15) is 5.69 Å². The third kappa shape index (κ3) is 2.19. The minimum Gasteiger partial charge on any atom is -0.328 e. The largest absolute Gasteiger partial charge is 0.328 e. The van der Waals surface area contributed by atoms with Crippen molar-refractivity contribution in [3.8, 4) is 33.1 Å². The number of rotatable bonds is 3. The van der Waals surface area contributed by atoms with E-state index in [4.69, 9.17) is 4.52 Å². The highest BCUT2D eigenvalue weighted by Gasteiger charge is 2.17. The molecular formula is C16H9N4OS. The van der Waals surface area contributed by atoms with Gasteiger partial charge in [-0.05, 0) is 17.1 Å². The first-order chi connectivity index (χ1) is 10.9. The van der Waals surface area contributed by atoms with Crippen LogP contribution in [0.5, 0.6) is 0 Å². The highest BCUT2D eigenvalue weighted by molar-refractivity contribution is 7.09. The lowest BCUT2D eigenvalue weighted by Crippen LogP contribution is -1.89. The van der Waals surface area contributed by atoms with Gasteiger partial charge < -0.3 is 4.52 Å². The van der Waals surface area contributed by atoms with Crippen LogP contribution in [0.15, 0.2) is 59.1 Å². The molecule has 1 radical (unpaired) electrons. The molecule has 2 aromatic heterocycles. The highest BCUT2D eigenvalue weighted by Crippen LogP contribution is 2.37. The summed E-state index contributed by atoms with van der Waals surface area (Å²) >= 11 is 1.37. The Bertz CT molecular complexity index is 887. The quantitative estimate of drug-likeness (QED) is 0.577. The van der Waals surface area contributed by atoms with Crippen LogP contribution in [0.4, 0.5) is 0 Å². The zero-order valence-electron chi connectivity index (χ0n) is 11.3. The fourth-order valence-electron chi connectivity index (χ4n) is 2.29. The molecule has 0 saturated heterocycles. The minimum atomic E-state index is 0.489. The molecule has 105 valence electrons. The molecule has 5 nitrogen and oxygen atoms in total. The lowest BCUT2D eigenvalue weighted by atomic mass is 10.0. The van der Waals surface area contributed by atoms with E-state index in [2.05, 4.69) is 26.1 Å². The molecule has 0 spiro atoms. The van der Waals surface area contributed by atoms with Gasteiger partial charge in [0.2, 0.25) is 5.82 Å². The van der Waals surface area contributed by atoms with Crippen molar-refractivity contribution in [3.63, 3.8) is 0 Å². The Labute approximate surface area is 130 Å². The van der Waals surface area contributed by atoms with Crippen LogP contribution >= 0.6 is 11.5 Å². The summed E-state index contributed by atoms with van der Waals surface area (Å²) < 4.78 is 8.85. The Morgan fingerprint density at radius 1 is 0.909 bits per heavy atom. The molecule has 0 saturated carbocycles. The summed E-state index contributed by atoms with van der Waals surface area (Å²) in [5.74, 6) is 0.489. The van der Waals surface area contributed by atoms with Crippen molar-refractivity contribution in [3.05, 3.63) is 61.0 Å². The third-order valence-corrected chi connectivity index (χ3v) is 4.05. The fraction of sp³-hybridized carbons (Fsp3) is 0. The van der Waals surface area contributed by atoms with Crippen molar-refractivity contribution in [2.45, 2.75) is 0 Å². The average Bonchev–Trinajstić information content (AvgIpc) is 3.27. The molecule has 0 aliphatic rings. The first kappa shape index (κ1) is 12.8. The van der Waals surface area contributed by atoms with Gasteiger partial charge in [-0.25, -0.2) is 0 Å². The van der Waals surface area contributed by atoms with Crippen LogP contribution < -0.4 is 0 Å². The number of benzene rings is 2. The van der Waals surface area contributed by atoms with Crippen molar-refractivity contribution in [2.24, 2.45) is 0 Å². The van der Waals surface area contributed by atoms with Crippen LogP contribution in [0, 0.1) is 6.39 Å². The van der Waals surface area contributed by atoms with Gasteiger partial charge in [0.25, 0.3) is 0 Å². The molecule has 0 aliphatic carbocycles. The van der Waals surface area contributed by atoms with Crippen LogP contribution in [0.3, 0.4) is 0 Å². The first-order valence-corrected chi connectivity index (χ1v) is 7.38. The summed E-state index contributed by atoms with van der Waals surface area (Å²) in [6.45, 7) is 0. The summed E-state index contributed by atoms with van der Waals surface area (Å²) in [5, 5.41) is 8.18. The van der Waals surface area contributed by atoms with Crippen LogP contribution in [0.2, 0.25) is 0 Å². The van der Waals surface area contributed by atoms with E-state index in [1.165, 1.54) is 11.5 Å². The first-order valence-electron chi connectivity index (χ1n) is 6.61. The predicted octanol–water partition coefficient (Wildman–Crippen LogP) is 3.72. The second-order valence-corrected chi connectivity index (χ2v) is 5.33. The molecular weight excluding hydrogens is 296 g/mol. The fourth-order valence-corrected chi connectivity index (χ4v) is 2.97. The van der Waals surface area contributed by atoms with E-state index in [0.29, 0.717) is 5.82 Å². The van der Waals surface area contributed by atoms with Gasteiger partial charge in [0.15, 0.2) is 0 Å². The van der Waals surface area contributed by atoms with Crippen molar-refractivity contribution < 1.29 is 4.52 Å². The molecule has 4 rings (SSSR count). The molecule has 0 aliphatic heterocycles. The number of aromatic nitrogens is 4. The summed E-state index contributed by atoms with van der Waals surface area (Å²) in [6, 6.07) is 17.9. The molecule has 0 fully saturated rings. The van der Waals surface area contributed by atoms with E-state index in [1.54, 1.807) is 0 Å². The van der Waals surface area contributed by atoms with Crippen LogP contribution in [0.1, 0.15) is 0 Å². The van der Waals surface area contributed by atoms with Gasteiger partial charge in [-0.2, -0.15) is 4.98 Å². The van der Waals surface area contributed by atoms with Crippen LogP contribution in [0.25, 0.3) is 33.1 Å². The standard InChI is InChI=1S/C16H9N4OS/c1-2-6-11(7-3-1)15-14(18-20-22-15)12-8-4-5-9-13(12)16-17-10-21-19-16/h1-9H. The molecule has 0 atom stereocenters. The lowest BCUT2D eigenvalue weighted by molar-refractivity contribution is 0.411. The normalized spacial score (nSPS) is 10.7. The second-order valence-electron chi connectivity index (χ2n) is 4.57. The van der Waals surface area contributed by atoms with Crippen molar-refractivity contribution in [1.82, 2.24) is 19.7 Å². The molecule has 2 heterocycles. The summed E-state index contributed by atoms with van der Waals surface area (Å²) in [5.41, 5.74) is 3.67. The zero-order chi connectivity index (χ0) is 14.8. The monoisotopic (exact) mass is 305 g/mol. The molecule has 6 heteroatoms. The SMILES string of the molecule is [c]1nc(-c2ccccc2-c2nnsc2-c2ccccc2)no1. The maximum Gasteiger partial charge on any atom is 0.316 e. The topological polar surface area (TPSA) is 64.7 Å². The van der Waals surface area contributed by atoms with Crippen molar-refractivity contribution in [2.75, 3.05) is 0 Å². The van der Waals surface area contributed by atoms with Gasteiger partial charge in [0, 0.05) is 11.1 Å². The molecule has 0 N–H and O–H groups in total. The Balaban J connectivity index is 1.90. The Hall–Kier alpha value is -2.86. The number of hydrogen-bond acceptors (Lipinski definition) is 6. The van der Waals surface area contributed by atoms with Gasteiger partial charge in [-0.15, -0.1) is 5.10 Å². The van der Waals surface area contributed by atoms with Gasteiger partial charge in [0.05, 0.1) is 4.88 Å². The van der Waals surface area contributed by atoms with Crippen LogP contribution in [-0.4, -0.2) is 19.7 Å². The van der Waals surface area contributed by atoms with E-state index >= 15 is 0 Å². The van der Waals surface area contributed by atoms with Crippen LogP contribution in [-0.2, 0) is 0 Å². The molecule has 0 unspecified atom stereocenters. The van der Waals surface area contributed by atoms with E-state index < -0.39 is 0 Å². The van der Waals surface area contributed by atoms with Gasteiger partial charge in [-0.1, -0.05) is 64.2 Å².